The van der Waals surface area contributed by atoms with E-state index in [4.69, 9.17) is 5.11 Å². The Kier molecular flexibility index (Phi) is 5.75. The van der Waals surface area contributed by atoms with Gasteiger partial charge in [-0.1, -0.05) is 15.9 Å². The molecule has 21 heavy (non-hydrogen) atoms. The highest BCUT2D eigenvalue weighted by Gasteiger charge is 2.35. The monoisotopic (exact) mass is 457 g/mol. The average molecular weight is 459 g/mol. The van der Waals surface area contributed by atoms with Crippen molar-refractivity contribution in [1.82, 2.24) is 4.31 Å². The van der Waals surface area contributed by atoms with E-state index in [0.717, 1.165) is 4.47 Å². The van der Waals surface area contributed by atoms with Gasteiger partial charge in [0.25, 0.3) is 0 Å². The molecule has 2 rings (SSSR count). The predicted molar refractivity (Wildman–Crippen MR) is 89.1 cm³/mol. The summed E-state index contributed by atoms with van der Waals surface area (Å²) in [4.78, 5) is 11.1. The van der Waals surface area contributed by atoms with Crippen LogP contribution in [0.15, 0.2) is 32.0 Å². The Hall–Kier alpha value is -0.0900. The number of hydrogen-bond acceptors (Lipinski definition) is 4. The van der Waals surface area contributed by atoms with E-state index in [0.29, 0.717) is 22.5 Å². The maximum absolute atomic E-state index is 12.8. The largest absolute Gasteiger partial charge is 0.481 e. The number of rotatable bonds is 4. The second-order valence-electron chi connectivity index (χ2n) is 4.52. The van der Waals surface area contributed by atoms with Crippen LogP contribution in [0.3, 0.4) is 0 Å². The van der Waals surface area contributed by atoms with Gasteiger partial charge in [0.15, 0.2) is 0 Å². The first-order valence-corrected chi connectivity index (χ1v) is 10.3. The highest BCUT2D eigenvalue weighted by molar-refractivity contribution is 9.11. The summed E-state index contributed by atoms with van der Waals surface area (Å²) in [5.41, 5.74) is 0. The van der Waals surface area contributed by atoms with E-state index < -0.39 is 22.0 Å². The first-order chi connectivity index (χ1) is 9.82. The van der Waals surface area contributed by atoms with E-state index in [9.17, 15) is 13.2 Å². The molecule has 0 bridgehead atoms. The summed E-state index contributed by atoms with van der Waals surface area (Å²) in [5, 5.41) is 8.96. The Balaban J connectivity index is 2.38. The zero-order valence-electron chi connectivity index (χ0n) is 10.8. The fraction of sp³-hybridized carbons (Fsp3) is 0.417. The van der Waals surface area contributed by atoms with Crippen LogP contribution in [0.25, 0.3) is 0 Å². The van der Waals surface area contributed by atoms with Gasteiger partial charge in [-0.25, -0.2) is 8.42 Å². The molecule has 0 aromatic heterocycles. The lowest BCUT2D eigenvalue weighted by Crippen LogP contribution is -2.47. The fourth-order valence-electron chi connectivity index (χ4n) is 2.13. The van der Waals surface area contributed by atoms with Crippen LogP contribution in [0.1, 0.15) is 6.42 Å². The number of sulfonamides is 1. The average Bonchev–Trinajstić information content (AvgIpc) is 2.37. The van der Waals surface area contributed by atoms with Crippen molar-refractivity contribution in [3.8, 4) is 0 Å². The van der Waals surface area contributed by atoms with E-state index in [1.54, 1.807) is 23.9 Å². The molecule has 1 unspecified atom stereocenters. The van der Waals surface area contributed by atoms with Crippen molar-refractivity contribution in [1.29, 1.82) is 0 Å². The number of aliphatic carboxylic acids is 1. The maximum Gasteiger partial charge on any atom is 0.305 e. The first-order valence-electron chi connectivity index (χ1n) is 6.09. The number of benzene rings is 1. The van der Waals surface area contributed by atoms with E-state index in [2.05, 4.69) is 31.9 Å². The zero-order chi connectivity index (χ0) is 15.6. The molecule has 0 aliphatic carbocycles. The quantitative estimate of drug-likeness (QED) is 0.750. The topological polar surface area (TPSA) is 74.7 Å². The first kappa shape index (κ1) is 17.3. The van der Waals surface area contributed by atoms with Crippen LogP contribution in [0.2, 0.25) is 0 Å². The number of thioether (sulfide) groups is 1. The maximum atomic E-state index is 12.8. The Morgan fingerprint density at radius 2 is 2.14 bits per heavy atom. The number of nitrogens with zero attached hydrogens (tertiary/aromatic N) is 1. The van der Waals surface area contributed by atoms with Gasteiger partial charge in [0, 0.05) is 33.0 Å². The van der Waals surface area contributed by atoms with Gasteiger partial charge in [0.1, 0.15) is 0 Å². The summed E-state index contributed by atoms with van der Waals surface area (Å²) >= 11 is 8.13. The number of hydrogen-bond donors (Lipinski definition) is 1. The third-order valence-electron chi connectivity index (χ3n) is 3.06. The molecule has 9 heteroatoms. The van der Waals surface area contributed by atoms with E-state index in [-0.39, 0.29) is 11.3 Å². The second kappa shape index (κ2) is 6.99. The van der Waals surface area contributed by atoms with Crippen LogP contribution < -0.4 is 0 Å². The second-order valence-corrected chi connectivity index (χ2v) is 9.30. The van der Waals surface area contributed by atoms with Gasteiger partial charge in [-0.2, -0.15) is 16.1 Å². The number of carboxylic acid groups (broad SMARTS) is 1. The molecule has 116 valence electrons. The third kappa shape index (κ3) is 4.01. The standard InChI is InChI=1S/C12H13Br2NO4S2/c13-8-1-2-11(10(14)5-8)21(18,19)15-3-4-20-7-9(15)6-12(16)17/h1-2,5,9H,3-4,6-7H2,(H,16,17). The lowest BCUT2D eigenvalue weighted by atomic mass is 10.2. The van der Waals surface area contributed by atoms with E-state index in [1.165, 1.54) is 10.4 Å². The van der Waals surface area contributed by atoms with Crippen molar-refractivity contribution in [3.05, 3.63) is 27.1 Å². The van der Waals surface area contributed by atoms with Crippen LogP contribution in [0, 0.1) is 0 Å². The molecule has 1 heterocycles. The van der Waals surface area contributed by atoms with Gasteiger partial charge in [-0.3, -0.25) is 4.79 Å². The SMILES string of the molecule is O=C(O)CC1CSCCN1S(=O)(=O)c1ccc(Br)cc1Br. The zero-order valence-corrected chi connectivity index (χ0v) is 15.6. The molecular weight excluding hydrogens is 446 g/mol. The summed E-state index contributed by atoms with van der Waals surface area (Å²) in [6, 6.07) is 4.32. The van der Waals surface area contributed by atoms with Crippen molar-refractivity contribution in [3.63, 3.8) is 0 Å². The summed E-state index contributed by atoms with van der Waals surface area (Å²) in [6.45, 7) is 0.327. The van der Waals surface area contributed by atoms with Gasteiger partial charge in [-0.05, 0) is 34.1 Å². The Labute approximate surface area is 144 Å². The van der Waals surface area contributed by atoms with Crippen molar-refractivity contribution < 1.29 is 18.3 Å². The molecule has 1 aromatic carbocycles. The Bertz CT molecular complexity index is 651. The molecular formula is C12H13Br2NO4S2. The Morgan fingerprint density at radius 1 is 1.43 bits per heavy atom. The van der Waals surface area contributed by atoms with Crippen LogP contribution in [0.5, 0.6) is 0 Å². The van der Waals surface area contributed by atoms with Crippen molar-refractivity contribution >= 4 is 59.6 Å². The molecule has 1 aliphatic heterocycles. The summed E-state index contributed by atoms with van der Waals surface area (Å²) in [6.07, 6.45) is -0.180. The normalized spacial score (nSPS) is 20.4. The predicted octanol–water partition coefficient (Wildman–Crippen LogP) is 2.79. The van der Waals surface area contributed by atoms with Crippen LogP contribution >= 0.6 is 43.6 Å². The summed E-state index contributed by atoms with van der Waals surface area (Å²) < 4.78 is 28.1. The Morgan fingerprint density at radius 3 is 2.76 bits per heavy atom. The number of carbonyl (C=O) groups is 1. The minimum Gasteiger partial charge on any atom is -0.481 e. The van der Waals surface area contributed by atoms with Gasteiger partial charge in [0.2, 0.25) is 10.0 Å². The van der Waals surface area contributed by atoms with Crippen LogP contribution in [-0.2, 0) is 14.8 Å². The number of halogens is 2. The van der Waals surface area contributed by atoms with Crippen molar-refractivity contribution in [2.24, 2.45) is 0 Å². The minimum atomic E-state index is -3.72. The highest BCUT2D eigenvalue weighted by Crippen LogP contribution is 2.31. The molecule has 1 aromatic rings. The number of carboxylic acids is 1. The molecule has 1 fully saturated rings. The van der Waals surface area contributed by atoms with Gasteiger partial charge >= 0.3 is 5.97 Å². The highest BCUT2D eigenvalue weighted by atomic mass is 79.9. The van der Waals surface area contributed by atoms with E-state index in [1.807, 2.05) is 0 Å². The van der Waals surface area contributed by atoms with Gasteiger partial charge < -0.3 is 5.11 Å². The molecule has 1 atom stereocenters. The third-order valence-corrected chi connectivity index (χ3v) is 7.58. The molecule has 1 aliphatic rings. The van der Waals surface area contributed by atoms with Crippen molar-refractivity contribution in [2.75, 3.05) is 18.1 Å². The van der Waals surface area contributed by atoms with Gasteiger partial charge in [-0.15, -0.1) is 0 Å². The molecule has 5 nitrogen and oxygen atoms in total. The molecule has 0 saturated carbocycles. The molecule has 0 radical (unpaired) electrons. The molecule has 1 N–H and O–H groups in total. The van der Waals surface area contributed by atoms with Crippen LogP contribution in [-0.4, -0.2) is 47.9 Å². The lowest BCUT2D eigenvalue weighted by molar-refractivity contribution is -0.137. The molecule has 0 spiro atoms. The lowest BCUT2D eigenvalue weighted by Gasteiger charge is -2.33. The smallest absolute Gasteiger partial charge is 0.305 e. The summed E-state index contributed by atoms with van der Waals surface area (Å²) in [7, 11) is -3.72. The van der Waals surface area contributed by atoms with Gasteiger partial charge in [0.05, 0.1) is 11.3 Å². The summed E-state index contributed by atoms with van der Waals surface area (Å²) in [5.74, 6) is 0.181. The van der Waals surface area contributed by atoms with Crippen molar-refractivity contribution in [2.45, 2.75) is 17.4 Å². The fourth-order valence-corrected chi connectivity index (χ4v) is 6.73. The minimum absolute atomic E-state index is 0.160. The molecule has 0 amide bonds. The molecule has 1 saturated heterocycles. The van der Waals surface area contributed by atoms with E-state index >= 15 is 0 Å². The van der Waals surface area contributed by atoms with Crippen LogP contribution in [0.4, 0.5) is 0 Å².